The van der Waals surface area contributed by atoms with Crippen LogP contribution in [0.3, 0.4) is 0 Å². The van der Waals surface area contributed by atoms with Gasteiger partial charge in [0.15, 0.2) is 0 Å². The highest BCUT2D eigenvalue weighted by Gasteiger charge is 2.22. The van der Waals surface area contributed by atoms with Crippen molar-refractivity contribution >= 4 is 21.6 Å². The van der Waals surface area contributed by atoms with Crippen LogP contribution in [-0.4, -0.2) is 14.7 Å². The van der Waals surface area contributed by atoms with Crippen molar-refractivity contribution in [2.24, 2.45) is 0 Å². The maximum atomic E-state index is 4.38. The van der Waals surface area contributed by atoms with E-state index in [2.05, 4.69) is 45.4 Å². The molecular formula is C11H13BrN2. The smallest absolute Gasteiger partial charge is 0.136 e. The van der Waals surface area contributed by atoms with E-state index >= 15 is 0 Å². The SMILES string of the molecule is CC(C)(CBr)c1cnc2ccccn12. The second kappa shape index (κ2) is 3.39. The summed E-state index contributed by atoms with van der Waals surface area (Å²) in [5.41, 5.74) is 2.36. The Balaban J connectivity index is 2.64. The first-order valence-electron chi connectivity index (χ1n) is 4.64. The van der Waals surface area contributed by atoms with Crippen LogP contribution in [0.25, 0.3) is 5.65 Å². The molecule has 2 aromatic heterocycles. The third-order valence-corrected chi connectivity index (χ3v) is 3.85. The topological polar surface area (TPSA) is 17.3 Å². The highest BCUT2D eigenvalue weighted by molar-refractivity contribution is 9.09. The Bertz CT molecular complexity index is 445. The number of imidazole rings is 1. The molecule has 0 aliphatic carbocycles. The summed E-state index contributed by atoms with van der Waals surface area (Å²) in [7, 11) is 0. The van der Waals surface area contributed by atoms with E-state index in [1.165, 1.54) is 5.69 Å². The molecule has 74 valence electrons. The van der Waals surface area contributed by atoms with Crippen molar-refractivity contribution in [2.45, 2.75) is 19.3 Å². The van der Waals surface area contributed by atoms with Crippen LogP contribution < -0.4 is 0 Å². The highest BCUT2D eigenvalue weighted by atomic mass is 79.9. The Kier molecular flexibility index (Phi) is 2.35. The van der Waals surface area contributed by atoms with Gasteiger partial charge in [0, 0.05) is 28.8 Å². The molecule has 0 bridgehead atoms. The first-order chi connectivity index (χ1) is 6.65. The van der Waals surface area contributed by atoms with Gasteiger partial charge in [-0.05, 0) is 12.1 Å². The number of nitrogens with zero attached hydrogens (tertiary/aromatic N) is 2. The highest BCUT2D eigenvalue weighted by Crippen LogP contribution is 2.25. The van der Waals surface area contributed by atoms with Gasteiger partial charge in [-0.15, -0.1) is 0 Å². The minimum atomic E-state index is 0.112. The van der Waals surface area contributed by atoms with Gasteiger partial charge < -0.3 is 4.40 Å². The molecule has 0 aromatic carbocycles. The molecule has 0 N–H and O–H groups in total. The molecule has 0 radical (unpaired) electrons. The third kappa shape index (κ3) is 1.46. The zero-order valence-electron chi connectivity index (χ0n) is 8.37. The lowest BCUT2D eigenvalue weighted by molar-refractivity contribution is 0.578. The van der Waals surface area contributed by atoms with Crippen LogP contribution in [0.2, 0.25) is 0 Å². The van der Waals surface area contributed by atoms with Crippen LogP contribution in [0.1, 0.15) is 19.5 Å². The van der Waals surface area contributed by atoms with Crippen LogP contribution in [0.5, 0.6) is 0 Å². The normalized spacial score (nSPS) is 12.2. The van der Waals surface area contributed by atoms with Gasteiger partial charge in [-0.2, -0.15) is 0 Å². The minimum Gasteiger partial charge on any atom is -0.304 e. The molecule has 0 aliphatic heterocycles. The Labute approximate surface area is 92.1 Å². The summed E-state index contributed by atoms with van der Waals surface area (Å²) in [6, 6.07) is 6.06. The van der Waals surface area contributed by atoms with Crippen LogP contribution in [-0.2, 0) is 5.41 Å². The van der Waals surface area contributed by atoms with Crippen LogP contribution in [0.15, 0.2) is 30.6 Å². The lowest BCUT2D eigenvalue weighted by atomic mass is 9.93. The molecule has 0 aliphatic rings. The van der Waals surface area contributed by atoms with E-state index in [0.29, 0.717) is 0 Å². The number of rotatable bonds is 2. The van der Waals surface area contributed by atoms with Gasteiger partial charge in [0.1, 0.15) is 5.65 Å². The largest absolute Gasteiger partial charge is 0.304 e. The number of hydrogen-bond acceptors (Lipinski definition) is 1. The van der Waals surface area contributed by atoms with Gasteiger partial charge in [-0.25, -0.2) is 4.98 Å². The molecule has 2 aromatic rings. The summed E-state index contributed by atoms with van der Waals surface area (Å²) >= 11 is 3.54. The number of aromatic nitrogens is 2. The zero-order valence-corrected chi connectivity index (χ0v) is 9.95. The molecule has 2 heterocycles. The average Bonchev–Trinajstić information content (AvgIpc) is 2.61. The first kappa shape index (κ1) is 9.71. The van der Waals surface area contributed by atoms with Crippen molar-refractivity contribution in [2.75, 3.05) is 5.33 Å². The Morgan fingerprint density at radius 2 is 2.21 bits per heavy atom. The molecule has 0 saturated heterocycles. The Morgan fingerprint density at radius 1 is 1.43 bits per heavy atom. The lowest BCUT2D eigenvalue weighted by Gasteiger charge is -2.20. The van der Waals surface area contributed by atoms with Crippen molar-refractivity contribution in [3.05, 3.63) is 36.3 Å². The minimum absolute atomic E-state index is 0.112. The van der Waals surface area contributed by atoms with E-state index in [0.717, 1.165) is 11.0 Å². The van der Waals surface area contributed by atoms with Crippen LogP contribution >= 0.6 is 15.9 Å². The van der Waals surface area contributed by atoms with E-state index < -0.39 is 0 Å². The lowest BCUT2D eigenvalue weighted by Crippen LogP contribution is -2.20. The monoisotopic (exact) mass is 252 g/mol. The second-order valence-electron chi connectivity index (χ2n) is 4.09. The maximum Gasteiger partial charge on any atom is 0.136 e. The van der Waals surface area contributed by atoms with E-state index in [9.17, 15) is 0 Å². The van der Waals surface area contributed by atoms with E-state index in [1.54, 1.807) is 0 Å². The average molecular weight is 253 g/mol. The molecule has 3 heteroatoms. The maximum absolute atomic E-state index is 4.38. The van der Waals surface area contributed by atoms with Crippen molar-refractivity contribution in [3.63, 3.8) is 0 Å². The molecule has 0 amide bonds. The van der Waals surface area contributed by atoms with E-state index in [4.69, 9.17) is 0 Å². The molecule has 2 rings (SSSR count). The number of alkyl halides is 1. The number of pyridine rings is 1. The summed E-state index contributed by atoms with van der Waals surface area (Å²) < 4.78 is 2.14. The van der Waals surface area contributed by atoms with Gasteiger partial charge in [0.05, 0.1) is 0 Å². The molecule has 0 unspecified atom stereocenters. The molecule has 0 saturated carbocycles. The third-order valence-electron chi connectivity index (χ3n) is 2.44. The summed E-state index contributed by atoms with van der Waals surface area (Å²) in [4.78, 5) is 4.38. The summed E-state index contributed by atoms with van der Waals surface area (Å²) in [6.45, 7) is 4.41. The molecule has 14 heavy (non-hydrogen) atoms. The van der Waals surface area contributed by atoms with Crippen molar-refractivity contribution in [3.8, 4) is 0 Å². The molecule has 2 nitrogen and oxygen atoms in total. The first-order valence-corrected chi connectivity index (χ1v) is 5.76. The molecule has 0 fully saturated rings. The van der Waals surface area contributed by atoms with Crippen LogP contribution in [0, 0.1) is 0 Å². The molecule has 0 atom stereocenters. The van der Waals surface area contributed by atoms with E-state index in [-0.39, 0.29) is 5.41 Å². The number of fused-ring (bicyclic) bond motifs is 1. The van der Waals surface area contributed by atoms with Gasteiger partial charge in [0.2, 0.25) is 0 Å². The Hall–Kier alpha value is -0.830. The zero-order chi connectivity index (χ0) is 10.2. The van der Waals surface area contributed by atoms with Crippen molar-refractivity contribution in [1.29, 1.82) is 0 Å². The van der Waals surface area contributed by atoms with E-state index in [1.807, 2.05) is 24.4 Å². The number of hydrogen-bond donors (Lipinski definition) is 0. The van der Waals surface area contributed by atoms with Gasteiger partial charge in [0.25, 0.3) is 0 Å². The van der Waals surface area contributed by atoms with Gasteiger partial charge in [-0.1, -0.05) is 35.8 Å². The standard InChI is InChI=1S/C11H13BrN2/c1-11(2,8-12)9-7-13-10-5-3-4-6-14(9)10/h3-7H,8H2,1-2H3. The fraction of sp³-hybridized carbons (Fsp3) is 0.364. The summed E-state index contributed by atoms with van der Waals surface area (Å²) in [5.74, 6) is 0. The van der Waals surface area contributed by atoms with Crippen molar-refractivity contribution < 1.29 is 0 Å². The fourth-order valence-corrected chi connectivity index (χ4v) is 1.79. The molecule has 0 spiro atoms. The summed E-state index contributed by atoms with van der Waals surface area (Å²) in [6.07, 6.45) is 4.01. The number of halogens is 1. The predicted octanol–water partition coefficient (Wildman–Crippen LogP) is 3.01. The quantitative estimate of drug-likeness (QED) is 0.752. The second-order valence-corrected chi connectivity index (χ2v) is 4.65. The summed E-state index contributed by atoms with van der Waals surface area (Å²) in [5, 5.41) is 0.933. The predicted molar refractivity (Wildman–Crippen MR) is 62.0 cm³/mol. The van der Waals surface area contributed by atoms with Crippen LogP contribution in [0.4, 0.5) is 0 Å². The van der Waals surface area contributed by atoms with Gasteiger partial charge >= 0.3 is 0 Å². The Morgan fingerprint density at radius 3 is 2.93 bits per heavy atom. The molecular weight excluding hydrogens is 240 g/mol. The van der Waals surface area contributed by atoms with Gasteiger partial charge in [-0.3, -0.25) is 0 Å². The van der Waals surface area contributed by atoms with Crippen molar-refractivity contribution in [1.82, 2.24) is 9.38 Å². The fourth-order valence-electron chi connectivity index (χ4n) is 1.50.